The van der Waals surface area contributed by atoms with Crippen LogP contribution in [0.25, 0.3) is 0 Å². The molecule has 3 atom stereocenters. The average molecular weight is 356 g/mol. The van der Waals surface area contributed by atoms with E-state index >= 15 is 0 Å². The molecule has 2 aliphatic rings. The molecule has 0 bridgehead atoms. The molecule has 26 heavy (non-hydrogen) atoms. The van der Waals surface area contributed by atoms with E-state index in [2.05, 4.69) is 13.5 Å². The highest BCUT2D eigenvalue weighted by molar-refractivity contribution is 6.06. The molecule has 5 nitrogen and oxygen atoms in total. The third-order valence-corrected chi connectivity index (χ3v) is 5.18. The van der Waals surface area contributed by atoms with Crippen molar-refractivity contribution in [3.8, 4) is 11.5 Å². The van der Waals surface area contributed by atoms with Gasteiger partial charge in [-0.05, 0) is 30.2 Å². The van der Waals surface area contributed by atoms with E-state index in [1.807, 2.05) is 24.3 Å². The molecule has 1 aliphatic carbocycles. The second kappa shape index (κ2) is 7.00. The first kappa shape index (κ1) is 18.3. The van der Waals surface area contributed by atoms with Crippen molar-refractivity contribution < 1.29 is 23.7 Å². The van der Waals surface area contributed by atoms with Crippen LogP contribution in [0.15, 0.2) is 54.3 Å². The molecule has 1 aromatic carbocycles. The Morgan fingerprint density at radius 2 is 1.96 bits per heavy atom. The lowest BCUT2D eigenvalue weighted by Gasteiger charge is -2.31. The first-order chi connectivity index (χ1) is 12.5. The van der Waals surface area contributed by atoms with E-state index in [1.165, 1.54) is 0 Å². The molecule has 0 spiro atoms. The van der Waals surface area contributed by atoms with E-state index in [0.29, 0.717) is 29.3 Å². The molecule has 2 unspecified atom stereocenters. The number of ether oxygens (including phenoxy) is 4. The molecular formula is C21H24O5. The van der Waals surface area contributed by atoms with Crippen molar-refractivity contribution in [3.05, 3.63) is 59.9 Å². The van der Waals surface area contributed by atoms with Crippen LogP contribution in [0.4, 0.5) is 0 Å². The molecule has 0 saturated carbocycles. The highest BCUT2D eigenvalue weighted by Crippen LogP contribution is 2.52. The minimum atomic E-state index is -0.760. The first-order valence-electron chi connectivity index (χ1n) is 8.53. The van der Waals surface area contributed by atoms with Gasteiger partial charge in [0.2, 0.25) is 0 Å². The number of benzene rings is 1. The number of hydrogen-bond acceptors (Lipinski definition) is 5. The monoisotopic (exact) mass is 356 g/mol. The summed E-state index contributed by atoms with van der Waals surface area (Å²) < 4.78 is 22.8. The molecule has 138 valence electrons. The molecule has 1 saturated heterocycles. The van der Waals surface area contributed by atoms with Crippen molar-refractivity contribution in [2.45, 2.75) is 25.0 Å². The van der Waals surface area contributed by atoms with Crippen LogP contribution in [0, 0.1) is 5.92 Å². The summed E-state index contributed by atoms with van der Waals surface area (Å²) in [5, 5.41) is 0. The van der Waals surface area contributed by atoms with E-state index in [1.54, 1.807) is 33.5 Å². The largest absolute Gasteiger partial charge is 0.493 e. The number of rotatable bonds is 6. The fraction of sp³-hybridized carbons (Fsp3) is 0.381. The van der Waals surface area contributed by atoms with Gasteiger partial charge in [0, 0.05) is 24.7 Å². The predicted molar refractivity (Wildman–Crippen MR) is 98.3 cm³/mol. The normalized spacial score (nSPS) is 27.2. The Kier molecular flexibility index (Phi) is 4.92. The van der Waals surface area contributed by atoms with Gasteiger partial charge < -0.3 is 18.9 Å². The lowest BCUT2D eigenvalue weighted by molar-refractivity contribution is -0.112. The maximum atomic E-state index is 12.4. The summed E-state index contributed by atoms with van der Waals surface area (Å²) >= 11 is 0. The van der Waals surface area contributed by atoms with Crippen LogP contribution in [0.5, 0.6) is 11.5 Å². The Labute approximate surface area is 153 Å². The topological polar surface area (TPSA) is 54.0 Å². The number of ketones is 1. The van der Waals surface area contributed by atoms with Gasteiger partial charge in [-0.1, -0.05) is 19.1 Å². The van der Waals surface area contributed by atoms with Crippen LogP contribution < -0.4 is 9.47 Å². The maximum Gasteiger partial charge on any atom is 0.185 e. The van der Waals surface area contributed by atoms with Crippen molar-refractivity contribution in [3.63, 3.8) is 0 Å². The van der Waals surface area contributed by atoms with E-state index < -0.39 is 5.60 Å². The summed E-state index contributed by atoms with van der Waals surface area (Å²) in [6, 6.07) is 5.70. The molecule has 1 heterocycles. The third-order valence-electron chi connectivity index (χ3n) is 5.18. The second-order valence-electron chi connectivity index (χ2n) is 6.47. The summed E-state index contributed by atoms with van der Waals surface area (Å²) in [4.78, 5) is 12.4. The van der Waals surface area contributed by atoms with Gasteiger partial charge in [-0.2, -0.15) is 0 Å². The lowest BCUT2D eigenvalue weighted by atomic mass is 9.78. The predicted octanol–water partition coefficient (Wildman–Crippen LogP) is 3.77. The fourth-order valence-electron chi connectivity index (χ4n) is 3.72. The summed E-state index contributed by atoms with van der Waals surface area (Å²) in [6.07, 6.45) is 5.38. The number of hydrogen-bond donors (Lipinski definition) is 0. The van der Waals surface area contributed by atoms with Gasteiger partial charge in [0.25, 0.3) is 0 Å². The third kappa shape index (κ3) is 2.72. The molecule has 0 N–H and O–H groups in total. The lowest BCUT2D eigenvalue weighted by Crippen LogP contribution is -2.38. The quantitative estimate of drug-likeness (QED) is 0.727. The molecule has 5 heteroatoms. The van der Waals surface area contributed by atoms with Crippen molar-refractivity contribution in [1.82, 2.24) is 0 Å². The minimum Gasteiger partial charge on any atom is -0.493 e. The molecule has 0 amide bonds. The zero-order valence-electron chi connectivity index (χ0n) is 15.6. The van der Waals surface area contributed by atoms with Crippen LogP contribution >= 0.6 is 0 Å². The van der Waals surface area contributed by atoms with Gasteiger partial charge in [-0.3, -0.25) is 4.79 Å². The summed E-state index contributed by atoms with van der Waals surface area (Å²) in [5.41, 5.74) is 0.853. The van der Waals surface area contributed by atoms with E-state index in [-0.39, 0.29) is 17.8 Å². The second-order valence-corrected chi connectivity index (χ2v) is 6.47. The molecule has 3 rings (SSSR count). The van der Waals surface area contributed by atoms with Gasteiger partial charge in [0.15, 0.2) is 17.3 Å². The van der Waals surface area contributed by atoms with Gasteiger partial charge >= 0.3 is 0 Å². The van der Waals surface area contributed by atoms with Crippen LogP contribution in [0.3, 0.4) is 0 Å². The summed E-state index contributed by atoms with van der Waals surface area (Å²) in [5.74, 6) is 1.74. The van der Waals surface area contributed by atoms with Crippen molar-refractivity contribution >= 4 is 5.78 Å². The highest BCUT2D eigenvalue weighted by Gasteiger charge is 2.53. The van der Waals surface area contributed by atoms with Gasteiger partial charge in [-0.25, -0.2) is 0 Å². The molecule has 1 aromatic rings. The summed E-state index contributed by atoms with van der Waals surface area (Å²) in [7, 11) is 4.84. The van der Waals surface area contributed by atoms with Gasteiger partial charge in [-0.15, -0.1) is 6.58 Å². The Morgan fingerprint density at radius 1 is 1.23 bits per heavy atom. The van der Waals surface area contributed by atoms with Crippen LogP contribution in [-0.2, 0) is 14.3 Å². The van der Waals surface area contributed by atoms with Gasteiger partial charge in [0.1, 0.15) is 17.5 Å². The Hall–Kier alpha value is -2.53. The highest BCUT2D eigenvalue weighted by atomic mass is 16.6. The minimum absolute atomic E-state index is 0.0373. The van der Waals surface area contributed by atoms with E-state index in [0.717, 1.165) is 5.56 Å². The van der Waals surface area contributed by atoms with Crippen molar-refractivity contribution in [2.75, 3.05) is 21.3 Å². The number of fused-ring (bicyclic) bond motifs is 1. The fourth-order valence-corrected chi connectivity index (χ4v) is 3.72. The smallest absolute Gasteiger partial charge is 0.185 e. The molecule has 1 fully saturated rings. The Balaban J connectivity index is 2.03. The van der Waals surface area contributed by atoms with Crippen LogP contribution in [-0.4, -0.2) is 32.7 Å². The van der Waals surface area contributed by atoms with Crippen LogP contribution in [0.2, 0.25) is 0 Å². The molecular weight excluding hydrogens is 332 g/mol. The number of allylic oxidation sites excluding steroid dienone is 3. The number of carbonyl (C=O) groups is 1. The SMILES string of the molecule is C=CCC1=C[C@]2(OC)C(=CC1=O)OC(c1ccc(OC)c(OC)c1)C2C. The van der Waals surface area contributed by atoms with E-state index in [4.69, 9.17) is 18.9 Å². The number of methoxy groups -OCH3 is 3. The van der Waals surface area contributed by atoms with Gasteiger partial charge in [0.05, 0.1) is 14.2 Å². The molecule has 0 radical (unpaired) electrons. The van der Waals surface area contributed by atoms with Crippen molar-refractivity contribution in [1.29, 1.82) is 0 Å². The average Bonchev–Trinajstić information content (AvgIpc) is 2.94. The Morgan fingerprint density at radius 3 is 2.58 bits per heavy atom. The zero-order valence-corrected chi connectivity index (χ0v) is 15.6. The maximum absolute atomic E-state index is 12.4. The zero-order chi connectivity index (χ0) is 18.9. The van der Waals surface area contributed by atoms with Crippen molar-refractivity contribution in [2.24, 2.45) is 5.92 Å². The first-order valence-corrected chi connectivity index (χ1v) is 8.53. The summed E-state index contributed by atoms with van der Waals surface area (Å²) in [6.45, 7) is 5.79. The molecule has 0 aromatic heterocycles. The van der Waals surface area contributed by atoms with Crippen LogP contribution in [0.1, 0.15) is 25.0 Å². The number of carbonyl (C=O) groups excluding carboxylic acids is 1. The van der Waals surface area contributed by atoms with E-state index in [9.17, 15) is 4.79 Å². The standard InChI is InChI=1S/C21H24O5/c1-6-7-15-12-21(25-5)13(2)20(26-19(21)11-16(15)22)14-8-9-17(23-3)18(10-14)24-4/h6,8-13,20H,1,7H2,2-5H3/t13?,20?,21-/m1/s1. The molecule has 1 aliphatic heterocycles. The Bertz CT molecular complexity index is 792.